The van der Waals surface area contributed by atoms with Crippen molar-refractivity contribution >= 4 is 23.8 Å². The van der Waals surface area contributed by atoms with Crippen LogP contribution in [0.3, 0.4) is 0 Å². The Morgan fingerprint density at radius 2 is 1.38 bits per heavy atom. The number of nitrogens with one attached hydrogen (secondary N) is 1. The smallest absolute Gasteiger partial charge is 0.309 e. The Balaban J connectivity index is 1.00. The Labute approximate surface area is 350 Å². The number of likely N-dealkylation sites (tertiary alicyclic amines) is 1. The highest BCUT2D eigenvalue weighted by Gasteiger charge is 2.72. The first-order valence-corrected chi connectivity index (χ1v) is 23.7. The molecule has 324 valence electrons. The second-order valence-electron chi connectivity index (χ2n) is 24.1. The van der Waals surface area contributed by atoms with E-state index in [-0.39, 0.29) is 74.3 Å². The van der Waals surface area contributed by atoms with E-state index in [1.54, 1.807) is 0 Å². The number of hydrogen-bond donors (Lipinski definition) is 2. The molecule has 8 nitrogen and oxygen atoms in total. The van der Waals surface area contributed by atoms with Crippen molar-refractivity contribution in [1.29, 1.82) is 0 Å². The number of carboxylic acids is 1. The molecule has 1 heterocycles. The highest BCUT2D eigenvalue weighted by Crippen LogP contribution is 2.78. The SMILES string of the molecule is C=C(C)[C@@H]1CC[C@]2(C(=O)N[C@H]3C[C@@H](C(=O)N4CCCCC4)C3(C)C)CC[C@]3(C)[C@H](CC[C@@H]4[C@@]5(C)CC[C@H](OC(=O)[C@@H]6C[C@H](C(=O)O)C6(C)C)C(C)(C)[C@@H]5CC[C@]43C)[C@@H]12. The minimum atomic E-state index is -0.820. The van der Waals surface area contributed by atoms with E-state index in [0.29, 0.717) is 36.0 Å². The van der Waals surface area contributed by atoms with Crippen LogP contribution in [-0.2, 0) is 23.9 Å². The molecule has 7 aliphatic carbocycles. The predicted molar refractivity (Wildman–Crippen MR) is 226 cm³/mol. The van der Waals surface area contributed by atoms with Crippen LogP contribution in [0.1, 0.15) is 166 Å². The lowest BCUT2D eigenvalue weighted by Gasteiger charge is -2.73. The average molecular weight is 803 g/mol. The largest absolute Gasteiger partial charge is 0.481 e. The fraction of sp³-hybridized carbons (Fsp3) is 0.880. The van der Waals surface area contributed by atoms with E-state index in [0.717, 1.165) is 90.1 Å². The molecule has 8 fully saturated rings. The lowest BCUT2D eigenvalue weighted by molar-refractivity contribution is -0.251. The highest BCUT2D eigenvalue weighted by molar-refractivity contribution is 5.86. The molecule has 0 bridgehead atoms. The van der Waals surface area contributed by atoms with Gasteiger partial charge in [0.25, 0.3) is 0 Å². The van der Waals surface area contributed by atoms with Crippen molar-refractivity contribution in [3.8, 4) is 0 Å². The third-order valence-corrected chi connectivity index (χ3v) is 21.1. The number of ether oxygens (including phenoxy) is 1. The Morgan fingerprint density at radius 1 is 0.690 bits per heavy atom. The minimum Gasteiger partial charge on any atom is -0.481 e. The number of aliphatic carboxylic acids is 1. The van der Waals surface area contributed by atoms with Gasteiger partial charge in [0.2, 0.25) is 11.8 Å². The van der Waals surface area contributed by atoms with Gasteiger partial charge in [-0.25, -0.2) is 0 Å². The normalized spacial score (nSPS) is 47.0. The van der Waals surface area contributed by atoms with E-state index in [4.69, 9.17) is 4.74 Å². The Morgan fingerprint density at radius 3 is 2.00 bits per heavy atom. The maximum Gasteiger partial charge on any atom is 0.309 e. The van der Waals surface area contributed by atoms with E-state index in [9.17, 15) is 19.5 Å². The van der Waals surface area contributed by atoms with Crippen LogP contribution in [0.25, 0.3) is 0 Å². The molecule has 7 saturated carbocycles. The number of carboxylic acid groups (broad SMARTS) is 1. The molecule has 0 aromatic carbocycles. The summed E-state index contributed by atoms with van der Waals surface area (Å²) in [6.07, 6.45) is 14.8. The minimum absolute atomic E-state index is 0.0223. The van der Waals surface area contributed by atoms with Crippen LogP contribution >= 0.6 is 0 Å². The van der Waals surface area contributed by atoms with Crippen LogP contribution in [0, 0.1) is 85.2 Å². The first-order chi connectivity index (χ1) is 27.0. The molecule has 0 radical (unpaired) electrons. The fourth-order valence-corrected chi connectivity index (χ4v) is 16.9. The quantitative estimate of drug-likeness (QED) is 0.196. The van der Waals surface area contributed by atoms with E-state index < -0.39 is 17.3 Å². The van der Waals surface area contributed by atoms with Crippen molar-refractivity contribution in [2.24, 2.45) is 85.2 Å². The van der Waals surface area contributed by atoms with Gasteiger partial charge in [-0.1, -0.05) is 74.5 Å². The summed E-state index contributed by atoms with van der Waals surface area (Å²) in [5, 5.41) is 13.3. The Bertz CT molecular complexity index is 1730. The van der Waals surface area contributed by atoms with Gasteiger partial charge in [-0.05, 0) is 160 Å². The topological polar surface area (TPSA) is 113 Å². The third-order valence-electron chi connectivity index (χ3n) is 21.1. The number of hydrogen-bond acceptors (Lipinski definition) is 5. The summed E-state index contributed by atoms with van der Waals surface area (Å²) in [7, 11) is 0. The van der Waals surface area contributed by atoms with Gasteiger partial charge in [0.05, 0.1) is 17.3 Å². The number of piperidine rings is 1. The highest BCUT2D eigenvalue weighted by atomic mass is 16.5. The fourth-order valence-electron chi connectivity index (χ4n) is 16.9. The van der Waals surface area contributed by atoms with E-state index >= 15 is 4.79 Å². The van der Waals surface area contributed by atoms with Crippen molar-refractivity contribution in [2.75, 3.05) is 13.1 Å². The molecule has 0 spiro atoms. The van der Waals surface area contributed by atoms with Crippen LogP contribution in [0.15, 0.2) is 12.2 Å². The van der Waals surface area contributed by atoms with Crippen molar-refractivity contribution in [1.82, 2.24) is 10.2 Å². The van der Waals surface area contributed by atoms with Gasteiger partial charge < -0.3 is 20.1 Å². The van der Waals surface area contributed by atoms with Crippen molar-refractivity contribution in [3.63, 3.8) is 0 Å². The molecule has 0 aromatic heterocycles. The van der Waals surface area contributed by atoms with Gasteiger partial charge in [0.1, 0.15) is 6.10 Å². The predicted octanol–water partition coefficient (Wildman–Crippen LogP) is 9.85. The van der Waals surface area contributed by atoms with E-state index in [2.05, 4.69) is 72.2 Å². The number of rotatable bonds is 7. The summed E-state index contributed by atoms with van der Waals surface area (Å²) in [6.45, 7) is 29.3. The van der Waals surface area contributed by atoms with Crippen LogP contribution in [0.2, 0.25) is 0 Å². The van der Waals surface area contributed by atoms with Gasteiger partial charge in [-0.3, -0.25) is 19.2 Å². The Hall–Kier alpha value is -2.38. The summed E-state index contributed by atoms with van der Waals surface area (Å²) in [6, 6.07) is 0.0223. The summed E-state index contributed by atoms with van der Waals surface area (Å²) < 4.78 is 6.45. The lowest BCUT2D eigenvalue weighted by Crippen LogP contribution is -2.68. The summed E-state index contributed by atoms with van der Waals surface area (Å²) in [5.41, 5.74) is 0.152. The monoisotopic (exact) mass is 803 g/mol. The van der Waals surface area contributed by atoms with Gasteiger partial charge >= 0.3 is 11.9 Å². The first kappa shape index (κ1) is 42.3. The molecule has 14 atom stereocenters. The number of amides is 2. The summed E-state index contributed by atoms with van der Waals surface area (Å²) >= 11 is 0. The van der Waals surface area contributed by atoms with Gasteiger partial charge in [0, 0.05) is 30.5 Å². The van der Waals surface area contributed by atoms with Crippen LogP contribution in [0.5, 0.6) is 0 Å². The average Bonchev–Trinajstić information content (AvgIpc) is 3.55. The van der Waals surface area contributed by atoms with Crippen molar-refractivity contribution < 1.29 is 29.0 Å². The summed E-state index contributed by atoms with van der Waals surface area (Å²) in [4.78, 5) is 56.2. The number of esters is 1. The third kappa shape index (κ3) is 5.75. The number of nitrogens with zero attached hydrogens (tertiary/aromatic N) is 1. The molecule has 58 heavy (non-hydrogen) atoms. The first-order valence-electron chi connectivity index (χ1n) is 23.7. The molecule has 8 heteroatoms. The maximum atomic E-state index is 15.0. The van der Waals surface area contributed by atoms with E-state index in [1.165, 1.54) is 18.4 Å². The van der Waals surface area contributed by atoms with Gasteiger partial charge in [-0.15, -0.1) is 0 Å². The summed E-state index contributed by atoms with van der Waals surface area (Å²) in [5.74, 6) is 0.684. The van der Waals surface area contributed by atoms with Crippen molar-refractivity contribution in [3.05, 3.63) is 12.2 Å². The lowest BCUT2D eigenvalue weighted by atomic mass is 9.32. The second-order valence-corrected chi connectivity index (χ2v) is 24.1. The van der Waals surface area contributed by atoms with Gasteiger partial charge in [0.15, 0.2) is 0 Å². The maximum absolute atomic E-state index is 15.0. The standard InChI is InChI=1S/C50H78N2O6/c1-29(2)30-17-22-50(43(57)51-37-28-32(45(37,5)6)40(53)52-25-13-12-14-26-52)24-23-48(10)31(39(30)50)15-16-36-47(9)20-19-38(46(7,8)35(47)18-21-49(36,48)11)58-42(56)34-27-33(41(54)55)44(34,3)4/h30-39H,1,12-28H2,2-11H3,(H,51,57)(H,54,55)/t30-,31+,32-,33+,34-,35-,36+,37-,38-,39+,47-,48+,49+,50-/m0/s1. The van der Waals surface area contributed by atoms with Gasteiger partial charge in [-0.2, -0.15) is 0 Å². The molecular weight excluding hydrogens is 725 g/mol. The van der Waals surface area contributed by atoms with Crippen molar-refractivity contribution in [2.45, 2.75) is 178 Å². The number of carbonyl (C=O) groups excluding carboxylic acids is 3. The second kappa shape index (κ2) is 13.8. The number of carbonyl (C=O) groups is 4. The number of fused-ring (bicyclic) bond motifs is 7. The zero-order valence-corrected chi connectivity index (χ0v) is 37.9. The molecule has 8 aliphatic rings. The molecular formula is C50H78N2O6. The van der Waals surface area contributed by atoms with Crippen LogP contribution < -0.4 is 5.32 Å². The molecule has 0 unspecified atom stereocenters. The molecule has 0 aromatic rings. The zero-order valence-electron chi connectivity index (χ0n) is 37.9. The Kier molecular flexibility index (Phi) is 10.1. The van der Waals surface area contributed by atoms with Crippen LogP contribution in [-0.4, -0.2) is 59.0 Å². The number of allylic oxidation sites excluding steroid dienone is 1. The molecule has 1 saturated heterocycles. The van der Waals surface area contributed by atoms with E-state index in [1.807, 2.05) is 13.8 Å². The molecule has 1 aliphatic heterocycles. The molecule has 2 amide bonds. The molecule has 2 N–H and O–H groups in total. The van der Waals surface area contributed by atoms with Crippen LogP contribution in [0.4, 0.5) is 0 Å². The zero-order chi connectivity index (χ0) is 42.2. The molecule has 8 rings (SSSR count).